The van der Waals surface area contributed by atoms with Crippen molar-refractivity contribution in [3.05, 3.63) is 30.1 Å². The molecule has 0 radical (unpaired) electrons. The van der Waals surface area contributed by atoms with Gasteiger partial charge in [0.2, 0.25) is 0 Å². The van der Waals surface area contributed by atoms with Gasteiger partial charge in [-0.25, -0.2) is 0 Å². The van der Waals surface area contributed by atoms with Crippen molar-refractivity contribution in [2.24, 2.45) is 0 Å². The summed E-state index contributed by atoms with van der Waals surface area (Å²) in [5, 5.41) is 0. The summed E-state index contributed by atoms with van der Waals surface area (Å²) in [6.45, 7) is 2.18. The summed E-state index contributed by atoms with van der Waals surface area (Å²) in [6.07, 6.45) is 6.06. The van der Waals surface area contributed by atoms with Gasteiger partial charge < -0.3 is 4.90 Å². The molecule has 0 aromatic carbocycles. The van der Waals surface area contributed by atoms with Crippen molar-refractivity contribution in [2.45, 2.75) is 19.8 Å². The number of hydrogen-bond acceptors (Lipinski definition) is 2. The van der Waals surface area contributed by atoms with Crippen LogP contribution in [-0.2, 0) is 6.42 Å². The van der Waals surface area contributed by atoms with Gasteiger partial charge in [-0.05, 0) is 45.3 Å². The van der Waals surface area contributed by atoms with E-state index in [1.807, 2.05) is 38.4 Å². The maximum atomic E-state index is 3.93. The molecule has 0 aliphatic heterocycles. The Hall–Kier alpha value is -0.890. The molecule has 0 aliphatic carbocycles. The highest BCUT2D eigenvalue weighted by Crippen LogP contribution is 1.98. The van der Waals surface area contributed by atoms with Gasteiger partial charge in [-0.2, -0.15) is 0 Å². The first-order valence-electron chi connectivity index (χ1n) is 4.66. The van der Waals surface area contributed by atoms with Crippen molar-refractivity contribution in [1.29, 1.82) is 0 Å². The third kappa shape index (κ3) is 9.02. The summed E-state index contributed by atoms with van der Waals surface area (Å²) >= 11 is 0. The lowest BCUT2D eigenvalue weighted by Gasteiger charge is -1.93. The molecule has 0 amide bonds. The molecule has 1 aromatic rings. The van der Waals surface area contributed by atoms with Crippen LogP contribution in [-0.4, -0.2) is 31.0 Å². The Kier molecular flexibility index (Phi) is 7.21. The predicted molar refractivity (Wildman–Crippen MR) is 57.8 cm³/mol. The lowest BCUT2D eigenvalue weighted by Crippen LogP contribution is -1.99. The van der Waals surface area contributed by atoms with Crippen molar-refractivity contribution < 1.29 is 0 Å². The Morgan fingerprint density at radius 3 is 2.00 bits per heavy atom. The van der Waals surface area contributed by atoms with Gasteiger partial charge >= 0.3 is 0 Å². The summed E-state index contributed by atoms with van der Waals surface area (Å²) in [4.78, 5) is 5.93. The van der Waals surface area contributed by atoms with Crippen LogP contribution in [0, 0.1) is 0 Å². The number of rotatable bonds is 2. The average molecular weight is 180 g/mol. The molecule has 2 nitrogen and oxygen atoms in total. The third-order valence-corrected chi connectivity index (χ3v) is 1.29. The van der Waals surface area contributed by atoms with E-state index < -0.39 is 0 Å². The van der Waals surface area contributed by atoms with E-state index in [0.717, 1.165) is 0 Å². The second-order valence-electron chi connectivity index (χ2n) is 3.45. The van der Waals surface area contributed by atoms with E-state index in [-0.39, 0.29) is 0 Å². The minimum Gasteiger partial charge on any atom is -0.312 e. The minimum atomic E-state index is 1.17. The summed E-state index contributed by atoms with van der Waals surface area (Å²) in [5.74, 6) is 0. The predicted octanol–water partition coefficient (Wildman–Crippen LogP) is 2.21. The Bertz CT molecular complexity index is 192. The Labute approximate surface area is 81.6 Å². The first kappa shape index (κ1) is 12.1. The zero-order valence-corrected chi connectivity index (χ0v) is 9.12. The fourth-order valence-electron chi connectivity index (χ4n) is 0.838. The van der Waals surface area contributed by atoms with Gasteiger partial charge in [0.25, 0.3) is 0 Å². The highest BCUT2D eigenvalue weighted by atomic mass is 15.0. The molecular formula is C11H20N2. The van der Waals surface area contributed by atoms with Crippen LogP contribution >= 0.6 is 0 Å². The van der Waals surface area contributed by atoms with E-state index in [1.54, 1.807) is 0 Å². The van der Waals surface area contributed by atoms with Crippen LogP contribution in [0.3, 0.4) is 0 Å². The fourth-order valence-corrected chi connectivity index (χ4v) is 0.838. The lowest BCUT2D eigenvalue weighted by atomic mass is 10.2. The Morgan fingerprint density at radius 1 is 1.15 bits per heavy atom. The molecule has 1 heterocycles. The van der Waals surface area contributed by atoms with Crippen LogP contribution in [0.2, 0.25) is 0 Å². The second kappa shape index (κ2) is 7.74. The number of pyridine rings is 1. The zero-order chi connectivity index (χ0) is 10.1. The number of hydrogen-bond donors (Lipinski definition) is 0. The van der Waals surface area contributed by atoms with E-state index in [9.17, 15) is 0 Å². The van der Waals surface area contributed by atoms with Gasteiger partial charge in [0, 0.05) is 12.4 Å². The van der Waals surface area contributed by atoms with Gasteiger partial charge in [-0.1, -0.05) is 13.3 Å². The monoisotopic (exact) mass is 180 g/mol. The maximum Gasteiger partial charge on any atom is 0.0270 e. The molecule has 0 spiro atoms. The second-order valence-corrected chi connectivity index (χ2v) is 3.45. The molecular weight excluding hydrogens is 160 g/mol. The summed E-state index contributed by atoms with van der Waals surface area (Å²) in [7, 11) is 6.00. The molecule has 0 unspecified atom stereocenters. The highest BCUT2D eigenvalue weighted by molar-refractivity contribution is 5.09. The van der Waals surface area contributed by atoms with Crippen LogP contribution in [0.4, 0.5) is 0 Å². The molecule has 1 rings (SSSR count). The minimum absolute atomic E-state index is 1.17. The van der Waals surface area contributed by atoms with Crippen LogP contribution in [0.1, 0.15) is 18.9 Å². The van der Waals surface area contributed by atoms with Crippen molar-refractivity contribution in [3.63, 3.8) is 0 Å². The highest BCUT2D eigenvalue weighted by Gasteiger charge is 1.85. The van der Waals surface area contributed by atoms with E-state index in [2.05, 4.69) is 24.0 Å². The summed E-state index contributed by atoms with van der Waals surface area (Å²) in [6, 6.07) is 4.12. The molecule has 0 atom stereocenters. The molecule has 13 heavy (non-hydrogen) atoms. The van der Waals surface area contributed by atoms with Gasteiger partial charge in [0.15, 0.2) is 0 Å². The van der Waals surface area contributed by atoms with Gasteiger partial charge in [0.1, 0.15) is 0 Å². The number of aryl methyl sites for hydroxylation is 1. The van der Waals surface area contributed by atoms with Crippen LogP contribution in [0.15, 0.2) is 24.5 Å². The van der Waals surface area contributed by atoms with Crippen LogP contribution in [0.25, 0.3) is 0 Å². The number of aromatic nitrogens is 1. The third-order valence-electron chi connectivity index (χ3n) is 1.29. The first-order valence-corrected chi connectivity index (χ1v) is 4.66. The first-order chi connectivity index (χ1) is 6.16. The molecule has 0 saturated heterocycles. The van der Waals surface area contributed by atoms with Crippen molar-refractivity contribution in [2.75, 3.05) is 21.1 Å². The molecule has 1 aromatic heterocycles. The molecule has 74 valence electrons. The quantitative estimate of drug-likeness (QED) is 0.693. The molecule has 0 saturated carbocycles. The zero-order valence-electron chi connectivity index (χ0n) is 9.12. The number of nitrogens with zero attached hydrogens (tertiary/aromatic N) is 2. The summed E-state index contributed by atoms with van der Waals surface area (Å²) in [5.41, 5.74) is 1.38. The van der Waals surface area contributed by atoms with E-state index >= 15 is 0 Å². The molecule has 0 aliphatic rings. The van der Waals surface area contributed by atoms with E-state index in [0.29, 0.717) is 0 Å². The largest absolute Gasteiger partial charge is 0.312 e. The molecule has 0 fully saturated rings. The van der Waals surface area contributed by atoms with Gasteiger partial charge in [0.05, 0.1) is 0 Å². The summed E-state index contributed by atoms with van der Waals surface area (Å²) < 4.78 is 0. The van der Waals surface area contributed by atoms with Crippen molar-refractivity contribution in [1.82, 2.24) is 9.88 Å². The van der Waals surface area contributed by atoms with Crippen molar-refractivity contribution >= 4 is 0 Å². The Morgan fingerprint density at radius 2 is 1.62 bits per heavy atom. The normalized spacial score (nSPS) is 9.31. The maximum absolute atomic E-state index is 3.93. The fraction of sp³-hybridized carbons (Fsp3) is 0.545. The smallest absolute Gasteiger partial charge is 0.0270 e. The lowest BCUT2D eigenvalue weighted by molar-refractivity contribution is 0.505. The van der Waals surface area contributed by atoms with Crippen molar-refractivity contribution in [3.8, 4) is 0 Å². The molecule has 0 N–H and O–H groups in total. The van der Waals surface area contributed by atoms with E-state index in [4.69, 9.17) is 0 Å². The van der Waals surface area contributed by atoms with E-state index in [1.165, 1.54) is 18.4 Å². The van der Waals surface area contributed by atoms with Crippen LogP contribution in [0.5, 0.6) is 0 Å². The van der Waals surface area contributed by atoms with Gasteiger partial charge in [-0.3, -0.25) is 4.98 Å². The SMILES string of the molecule is CCCc1ccncc1.CN(C)C. The standard InChI is InChI=1S/C8H11N.C3H9N/c1-2-3-8-4-6-9-7-5-8;1-4(2)3/h4-7H,2-3H2,1H3;1-3H3. The van der Waals surface area contributed by atoms with Crippen LogP contribution < -0.4 is 0 Å². The molecule has 0 bridgehead atoms. The topological polar surface area (TPSA) is 16.1 Å². The average Bonchev–Trinajstić information content (AvgIpc) is 2.06. The Balaban J connectivity index is 0.000000310. The van der Waals surface area contributed by atoms with Gasteiger partial charge in [-0.15, -0.1) is 0 Å². The molecule has 2 heteroatoms.